The van der Waals surface area contributed by atoms with Gasteiger partial charge in [0.05, 0.1) is 25.7 Å². The smallest absolute Gasteiger partial charge is 0.323 e. The molecule has 0 aliphatic rings. The lowest BCUT2D eigenvalue weighted by Crippen LogP contribution is -2.38. The number of hydrogen-bond acceptors (Lipinski definition) is 9. The lowest BCUT2D eigenvalue weighted by Gasteiger charge is -2.20. The molecule has 0 spiro atoms. The molecule has 1 unspecified atom stereocenters. The van der Waals surface area contributed by atoms with Crippen LogP contribution in [0, 0.1) is 11.8 Å². The van der Waals surface area contributed by atoms with Gasteiger partial charge in [-0.05, 0) is 18.8 Å². The van der Waals surface area contributed by atoms with Crippen molar-refractivity contribution in [1.29, 1.82) is 0 Å². The van der Waals surface area contributed by atoms with E-state index >= 15 is 0 Å². The molecule has 0 saturated carbocycles. The van der Waals surface area contributed by atoms with E-state index in [-0.39, 0.29) is 37.0 Å². The molecule has 39 heavy (non-hydrogen) atoms. The Labute approximate surface area is 233 Å². The number of imidazole rings is 1. The molecule has 0 aliphatic carbocycles. The number of rotatable bonds is 21. The monoisotopic (exact) mass is 546 g/mol. The summed E-state index contributed by atoms with van der Waals surface area (Å²) < 4.78 is 12.9. The van der Waals surface area contributed by atoms with Crippen LogP contribution in [0.4, 0.5) is 5.95 Å². The summed E-state index contributed by atoms with van der Waals surface area (Å²) in [6.45, 7) is 6.86. The van der Waals surface area contributed by atoms with Gasteiger partial charge in [-0.25, -0.2) is 9.97 Å². The van der Waals surface area contributed by atoms with Crippen LogP contribution in [0.3, 0.4) is 0 Å². The molecule has 2 atom stereocenters. The Morgan fingerprint density at radius 2 is 1.59 bits per heavy atom. The van der Waals surface area contributed by atoms with Gasteiger partial charge in [0.25, 0.3) is 0 Å². The minimum Gasteiger partial charge on any atom is -0.466 e. The minimum atomic E-state index is -0.684. The van der Waals surface area contributed by atoms with Gasteiger partial charge >= 0.3 is 11.9 Å². The van der Waals surface area contributed by atoms with E-state index < -0.39 is 12.0 Å². The van der Waals surface area contributed by atoms with Crippen LogP contribution in [0.5, 0.6) is 0 Å². The van der Waals surface area contributed by atoms with Gasteiger partial charge < -0.3 is 25.5 Å². The third-order valence-electron chi connectivity index (χ3n) is 7.06. The van der Waals surface area contributed by atoms with E-state index in [1.807, 2.05) is 18.4 Å². The Balaban J connectivity index is 1.73. The van der Waals surface area contributed by atoms with E-state index in [4.69, 9.17) is 20.9 Å². The van der Waals surface area contributed by atoms with Crippen LogP contribution in [0.25, 0.3) is 11.2 Å². The topological polar surface area (TPSA) is 148 Å². The van der Waals surface area contributed by atoms with E-state index in [9.17, 15) is 9.59 Å². The van der Waals surface area contributed by atoms with Crippen molar-refractivity contribution in [2.75, 3.05) is 18.9 Å². The number of ether oxygens (including phenoxy) is 2. The molecule has 0 radical (unpaired) electrons. The molecular formula is C29H50N6O4. The van der Waals surface area contributed by atoms with Crippen molar-refractivity contribution >= 4 is 29.1 Å². The van der Waals surface area contributed by atoms with E-state index in [1.165, 1.54) is 57.8 Å². The van der Waals surface area contributed by atoms with Crippen LogP contribution in [-0.2, 0) is 25.6 Å². The standard InChI is InChI=1S/C29H50N6O4/c1-4-5-6-7-8-9-10-11-12-13-14-15-25(36)38-17-16-23(20-39-28(37)26(30)22(2)3)19-35-21-33-24-18-32-29(31)34-27(24)35/h18,21-23,26H,4-17,19-20,30H2,1-3H3,(H2,31,32,34)/t23?,26-/m0/s1. The molecule has 10 nitrogen and oxygen atoms in total. The fourth-order valence-corrected chi connectivity index (χ4v) is 4.42. The van der Waals surface area contributed by atoms with Crippen LogP contribution in [0.2, 0.25) is 0 Å². The molecule has 2 rings (SSSR count). The quantitative estimate of drug-likeness (QED) is 0.159. The van der Waals surface area contributed by atoms with Crippen LogP contribution in [0.1, 0.15) is 104 Å². The number of nitrogens with zero attached hydrogens (tertiary/aromatic N) is 4. The number of anilines is 1. The van der Waals surface area contributed by atoms with Crippen LogP contribution in [0.15, 0.2) is 12.5 Å². The molecule has 2 aromatic heterocycles. The van der Waals surface area contributed by atoms with Crippen molar-refractivity contribution in [3.8, 4) is 0 Å². The number of carbonyl (C=O) groups is 2. The zero-order valence-corrected chi connectivity index (χ0v) is 24.3. The van der Waals surface area contributed by atoms with Crippen molar-refractivity contribution in [1.82, 2.24) is 19.5 Å². The van der Waals surface area contributed by atoms with Gasteiger partial charge in [-0.3, -0.25) is 9.59 Å². The number of nitrogens with two attached hydrogens (primary N) is 2. The number of nitrogen functional groups attached to an aromatic ring is 1. The summed E-state index contributed by atoms with van der Waals surface area (Å²) in [4.78, 5) is 37.2. The fourth-order valence-electron chi connectivity index (χ4n) is 4.42. The highest BCUT2D eigenvalue weighted by Crippen LogP contribution is 2.16. The second-order valence-corrected chi connectivity index (χ2v) is 10.9. The van der Waals surface area contributed by atoms with Gasteiger partial charge in [-0.15, -0.1) is 0 Å². The first-order valence-electron chi connectivity index (χ1n) is 14.8. The third-order valence-corrected chi connectivity index (χ3v) is 7.06. The van der Waals surface area contributed by atoms with Crippen LogP contribution in [-0.4, -0.2) is 50.7 Å². The molecule has 0 aliphatic heterocycles. The zero-order valence-electron chi connectivity index (χ0n) is 24.3. The van der Waals surface area contributed by atoms with E-state index in [1.54, 1.807) is 12.5 Å². The minimum absolute atomic E-state index is 0.0234. The summed E-state index contributed by atoms with van der Waals surface area (Å²) in [7, 11) is 0. The molecule has 0 bridgehead atoms. The zero-order chi connectivity index (χ0) is 28.5. The number of esters is 2. The highest BCUT2D eigenvalue weighted by Gasteiger charge is 2.22. The van der Waals surface area contributed by atoms with Gasteiger partial charge in [-0.1, -0.05) is 85.0 Å². The Hall–Kier alpha value is -2.75. The number of aromatic nitrogens is 4. The largest absolute Gasteiger partial charge is 0.466 e. The van der Waals surface area contributed by atoms with E-state index in [0.29, 0.717) is 30.6 Å². The summed E-state index contributed by atoms with van der Waals surface area (Å²) in [5.41, 5.74) is 12.9. The lowest BCUT2D eigenvalue weighted by atomic mass is 10.1. The van der Waals surface area contributed by atoms with Gasteiger partial charge in [-0.2, -0.15) is 4.98 Å². The van der Waals surface area contributed by atoms with Crippen LogP contribution < -0.4 is 11.5 Å². The normalized spacial score (nSPS) is 13.1. The first kappa shape index (κ1) is 32.5. The molecular weight excluding hydrogens is 496 g/mol. The van der Waals surface area contributed by atoms with Crippen molar-refractivity contribution in [3.05, 3.63) is 12.5 Å². The average Bonchev–Trinajstić information content (AvgIpc) is 3.30. The predicted octanol–water partition coefficient (Wildman–Crippen LogP) is 5.19. The second kappa shape index (κ2) is 18.5. The predicted molar refractivity (Wildman–Crippen MR) is 154 cm³/mol. The van der Waals surface area contributed by atoms with E-state index in [2.05, 4.69) is 21.9 Å². The number of carbonyl (C=O) groups excluding carboxylic acids is 2. The first-order chi connectivity index (χ1) is 18.8. The SMILES string of the molecule is CCCCCCCCCCCCCC(=O)OCCC(COC(=O)[C@@H](N)C(C)C)Cn1cnc2cnc(N)nc21. The lowest BCUT2D eigenvalue weighted by molar-refractivity contribution is -0.149. The molecule has 0 amide bonds. The molecule has 2 heterocycles. The van der Waals surface area contributed by atoms with Crippen molar-refractivity contribution in [2.45, 2.75) is 117 Å². The van der Waals surface area contributed by atoms with Gasteiger partial charge in [0.2, 0.25) is 5.95 Å². The number of hydrogen-bond donors (Lipinski definition) is 2. The summed E-state index contributed by atoms with van der Waals surface area (Å²) >= 11 is 0. The maximum absolute atomic E-state index is 12.3. The maximum Gasteiger partial charge on any atom is 0.323 e. The number of fused-ring (bicyclic) bond motifs is 1. The highest BCUT2D eigenvalue weighted by molar-refractivity contribution is 5.75. The molecule has 0 saturated heterocycles. The summed E-state index contributed by atoms with van der Waals surface area (Å²) in [6, 6.07) is -0.684. The van der Waals surface area contributed by atoms with Gasteiger partial charge in [0.1, 0.15) is 11.6 Å². The molecule has 0 aromatic carbocycles. The van der Waals surface area contributed by atoms with E-state index in [0.717, 1.165) is 12.8 Å². The Kier molecular flexibility index (Phi) is 15.4. The summed E-state index contributed by atoms with van der Waals surface area (Å²) in [5, 5.41) is 0. The van der Waals surface area contributed by atoms with Crippen molar-refractivity contribution in [3.63, 3.8) is 0 Å². The maximum atomic E-state index is 12.3. The number of unbranched alkanes of at least 4 members (excludes halogenated alkanes) is 10. The Bertz CT molecular complexity index is 980. The molecule has 220 valence electrons. The van der Waals surface area contributed by atoms with Crippen LogP contribution >= 0.6 is 0 Å². The second-order valence-electron chi connectivity index (χ2n) is 10.9. The highest BCUT2D eigenvalue weighted by atomic mass is 16.5. The Morgan fingerprint density at radius 3 is 2.23 bits per heavy atom. The fraction of sp³-hybridized carbons (Fsp3) is 0.759. The molecule has 4 N–H and O–H groups in total. The summed E-state index contributed by atoms with van der Waals surface area (Å²) in [5.74, 6) is -0.615. The molecule has 10 heteroatoms. The van der Waals surface area contributed by atoms with Gasteiger partial charge in [0, 0.05) is 18.9 Å². The Morgan fingerprint density at radius 1 is 0.949 bits per heavy atom. The third kappa shape index (κ3) is 12.8. The van der Waals surface area contributed by atoms with Gasteiger partial charge in [0.15, 0.2) is 5.65 Å². The summed E-state index contributed by atoms with van der Waals surface area (Å²) in [6.07, 6.45) is 17.8. The van der Waals surface area contributed by atoms with Crippen molar-refractivity contribution < 1.29 is 19.1 Å². The van der Waals surface area contributed by atoms with Crippen molar-refractivity contribution in [2.24, 2.45) is 17.6 Å². The molecule has 2 aromatic rings. The molecule has 0 fully saturated rings. The average molecular weight is 547 g/mol. The first-order valence-corrected chi connectivity index (χ1v) is 14.8.